The molecular weight excluding hydrogens is 779 g/mol. The zero-order valence-corrected chi connectivity index (χ0v) is 35.4. The lowest BCUT2D eigenvalue weighted by molar-refractivity contribution is 1.26. The fourth-order valence-corrected chi connectivity index (χ4v) is 11.3. The van der Waals surface area contributed by atoms with Crippen molar-refractivity contribution < 1.29 is 0 Å². The van der Waals surface area contributed by atoms with Gasteiger partial charge in [0.1, 0.15) is 0 Å². The molecule has 1 heterocycles. The second-order valence-corrected chi connectivity index (χ2v) is 17.5. The minimum atomic E-state index is 0.763. The van der Waals surface area contributed by atoms with Gasteiger partial charge in [-0.05, 0) is 114 Å². The summed E-state index contributed by atoms with van der Waals surface area (Å²) in [7, 11) is 0. The van der Waals surface area contributed by atoms with Crippen molar-refractivity contribution in [1.29, 1.82) is 0 Å². The number of benzene rings is 10. The van der Waals surface area contributed by atoms with Gasteiger partial charge in [0.2, 0.25) is 0 Å². The molecule has 10 aromatic carbocycles. The first-order valence-electron chi connectivity index (χ1n) is 21.7. The van der Waals surface area contributed by atoms with Gasteiger partial charge in [-0.25, -0.2) is 0 Å². The summed E-state index contributed by atoms with van der Waals surface area (Å²) >= 11 is 1.86. The SMILES string of the molecule is Nc1c(-c2ccccc2-c2ccccc2)ccc(-c2c3c(cc(-c4ccccc4)c2-c2ccccc2)-c2ccccc2C3)c1-c1ccccc1-c1cccc2sc3ccccc3c12. The first kappa shape index (κ1) is 37.0. The van der Waals surface area contributed by atoms with Crippen molar-refractivity contribution >= 4 is 37.2 Å². The lowest BCUT2D eigenvalue weighted by Crippen LogP contribution is -2.03. The van der Waals surface area contributed by atoms with Crippen molar-refractivity contribution in [3.63, 3.8) is 0 Å². The predicted molar refractivity (Wildman–Crippen MR) is 270 cm³/mol. The quantitative estimate of drug-likeness (QED) is 0.159. The van der Waals surface area contributed by atoms with Crippen LogP contribution >= 0.6 is 11.3 Å². The predicted octanol–water partition coefficient (Wildman–Crippen LogP) is 16.9. The third-order valence-corrected chi connectivity index (χ3v) is 14.1. The zero-order valence-electron chi connectivity index (χ0n) is 34.6. The summed E-state index contributed by atoms with van der Waals surface area (Å²) in [6.07, 6.45) is 0.829. The molecule has 0 atom stereocenters. The maximum atomic E-state index is 7.93. The molecule has 0 unspecified atom stereocenters. The topological polar surface area (TPSA) is 26.0 Å². The van der Waals surface area contributed by atoms with Gasteiger partial charge in [0.25, 0.3) is 0 Å². The molecule has 0 bridgehead atoms. The number of hydrogen-bond donors (Lipinski definition) is 1. The number of anilines is 1. The van der Waals surface area contributed by atoms with Crippen molar-refractivity contribution in [2.24, 2.45) is 0 Å². The van der Waals surface area contributed by atoms with Gasteiger partial charge in [-0.15, -0.1) is 11.3 Å². The van der Waals surface area contributed by atoms with Gasteiger partial charge in [0.15, 0.2) is 0 Å². The van der Waals surface area contributed by atoms with E-state index in [1.165, 1.54) is 75.8 Å². The molecule has 296 valence electrons. The molecule has 1 aliphatic carbocycles. The molecular formula is C61H41NS. The molecule has 0 spiro atoms. The summed E-state index contributed by atoms with van der Waals surface area (Å²) < 4.78 is 2.57. The van der Waals surface area contributed by atoms with E-state index in [0.29, 0.717) is 0 Å². The molecule has 0 amide bonds. The normalized spacial score (nSPS) is 11.8. The molecule has 0 radical (unpaired) electrons. The van der Waals surface area contributed by atoms with Gasteiger partial charge < -0.3 is 5.73 Å². The minimum Gasteiger partial charge on any atom is -0.398 e. The van der Waals surface area contributed by atoms with E-state index < -0.39 is 0 Å². The molecule has 1 aliphatic rings. The van der Waals surface area contributed by atoms with Crippen LogP contribution in [0.3, 0.4) is 0 Å². The Bertz CT molecular complexity index is 3530. The Hall–Kier alpha value is -7.78. The first-order chi connectivity index (χ1) is 31.2. The summed E-state index contributed by atoms with van der Waals surface area (Å²) in [6.45, 7) is 0. The summed E-state index contributed by atoms with van der Waals surface area (Å²) in [5.41, 5.74) is 30.1. The molecule has 1 nitrogen and oxygen atoms in total. The van der Waals surface area contributed by atoms with Crippen LogP contribution in [0.5, 0.6) is 0 Å². The van der Waals surface area contributed by atoms with E-state index in [9.17, 15) is 0 Å². The van der Waals surface area contributed by atoms with Gasteiger partial charge in [0, 0.05) is 37.0 Å². The highest BCUT2D eigenvalue weighted by Crippen LogP contribution is 2.55. The van der Waals surface area contributed by atoms with Crippen molar-refractivity contribution in [1.82, 2.24) is 0 Å². The Morgan fingerprint density at radius 2 is 0.841 bits per heavy atom. The Labute approximate surface area is 372 Å². The molecule has 63 heavy (non-hydrogen) atoms. The lowest BCUT2D eigenvalue weighted by Gasteiger charge is -2.26. The summed E-state index contributed by atoms with van der Waals surface area (Å²) in [5.74, 6) is 0. The van der Waals surface area contributed by atoms with Crippen LogP contribution in [0.4, 0.5) is 5.69 Å². The largest absolute Gasteiger partial charge is 0.398 e. The zero-order chi connectivity index (χ0) is 41.9. The standard InChI is InChI=1S/C61H41NS/c62-61-49(45-28-13-12-26-43(45)39-19-4-1-5-20-39)35-36-51(60(61)48-30-15-14-29-46(48)47-32-18-34-56-58(47)50-31-16-17-33-55(50)63-56)59-54-37-42-25-10-11-27-44(42)53(54)38-52(40-21-6-2-7-22-40)57(59)41-23-8-3-9-24-41/h1-36,38H,37,62H2. The highest BCUT2D eigenvalue weighted by molar-refractivity contribution is 7.25. The summed E-state index contributed by atoms with van der Waals surface area (Å²) in [6, 6.07) is 81.8. The van der Waals surface area contributed by atoms with Crippen LogP contribution in [-0.2, 0) is 6.42 Å². The molecule has 0 aliphatic heterocycles. The fourth-order valence-electron chi connectivity index (χ4n) is 10.2. The van der Waals surface area contributed by atoms with Crippen molar-refractivity contribution in [2.75, 3.05) is 5.73 Å². The van der Waals surface area contributed by atoms with Gasteiger partial charge >= 0.3 is 0 Å². The third kappa shape index (κ3) is 6.14. The van der Waals surface area contributed by atoms with E-state index in [-0.39, 0.29) is 0 Å². The number of fused-ring (bicyclic) bond motifs is 6. The van der Waals surface area contributed by atoms with Crippen LogP contribution < -0.4 is 5.73 Å². The van der Waals surface area contributed by atoms with Crippen LogP contribution in [0, 0.1) is 0 Å². The van der Waals surface area contributed by atoms with Crippen LogP contribution in [0.2, 0.25) is 0 Å². The lowest BCUT2D eigenvalue weighted by atomic mass is 9.78. The number of nitrogens with two attached hydrogens (primary N) is 1. The van der Waals surface area contributed by atoms with Crippen LogP contribution in [0.15, 0.2) is 224 Å². The van der Waals surface area contributed by atoms with E-state index in [0.717, 1.165) is 56.6 Å². The molecule has 2 heteroatoms. The average Bonchev–Trinajstić information content (AvgIpc) is 3.93. The van der Waals surface area contributed by atoms with Crippen molar-refractivity contribution in [2.45, 2.75) is 6.42 Å². The van der Waals surface area contributed by atoms with Gasteiger partial charge in [-0.1, -0.05) is 206 Å². The van der Waals surface area contributed by atoms with Gasteiger partial charge in [0.05, 0.1) is 0 Å². The van der Waals surface area contributed by atoms with E-state index >= 15 is 0 Å². The van der Waals surface area contributed by atoms with E-state index in [1.54, 1.807) is 0 Å². The van der Waals surface area contributed by atoms with E-state index in [4.69, 9.17) is 5.73 Å². The maximum absolute atomic E-state index is 7.93. The maximum Gasteiger partial charge on any atom is 0.0480 e. The molecule has 1 aromatic heterocycles. The number of rotatable bonds is 7. The third-order valence-electron chi connectivity index (χ3n) is 13.0. The summed E-state index contributed by atoms with van der Waals surface area (Å²) in [5, 5.41) is 2.56. The second kappa shape index (κ2) is 15.3. The highest BCUT2D eigenvalue weighted by Gasteiger charge is 2.31. The molecule has 0 saturated heterocycles. The highest BCUT2D eigenvalue weighted by atomic mass is 32.1. The van der Waals surface area contributed by atoms with Crippen LogP contribution in [0.25, 0.3) is 109 Å². The Morgan fingerprint density at radius 1 is 0.317 bits per heavy atom. The first-order valence-corrected chi connectivity index (χ1v) is 22.5. The van der Waals surface area contributed by atoms with Crippen molar-refractivity contribution in [3.8, 4) is 89.0 Å². The monoisotopic (exact) mass is 819 g/mol. The van der Waals surface area contributed by atoms with E-state index in [2.05, 4.69) is 224 Å². The Morgan fingerprint density at radius 3 is 1.57 bits per heavy atom. The van der Waals surface area contributed by atoms with Crippen LogP contribution in [0.1, 0.15) is 11.1 Å². The minimum absolute atomic E-state index is 0.763. The average molecular weight is 820 g/mol. The molecule has 2 N–H and O–H groups in total. The number of hydrogen-bond acceptors (Lipinski definition) is 2. The number of thiophene rings is 1. The molecule has 11 aromatic rings. The Kier molecular flexibility index (Phi) is 8.98. The van der Waals surface area contributed by atoms with Gasteiger partial charge in [-0.2, -0.15) is 0 Å². The van der Waals surface area contributed by atoms with Crippen LogP contribution in [-0.4, -0.2) is 0 Å². The number of nitrogen functional groups attached to an aromatic ring is 1. The fraction of sp³-hybridized carbons (Fsp3) is 0.0164. The Balaban J connectivity index is 1.23. The molecule has 0 saturated carbocycles. The molecule has 0 fully saturated rings. The van der Waals surface area contributed by atoms with Crippen molar-refractivity contribution in [3.05, 3.63) is 236 Å². The second-order valence-electron chi connectivity index (χ2n) is 16.4. The smallest absolute Gasteiger partial charge is 0.0480 e. The van der Waals surface area contributed by atoms with E-state index in [1.807, 2.05) is 11.3 Å². The molecule has 12 rings (SSSR count). The summed E-state index contributed by atoms with van der Waals surface area (Å²) in [4.78, 5) is 0. The van der Waals surface area contributed by atoms with Gasteiger partial charge in [-0.3, -0.25) is 0 Å².